The number of carbonyl (C=O) groups excluding carboxylic acids is 1. The molecule has 1 N–H and O–H groups in total. The average Bonchev–Trinajstić information content (AvgIpc) is 2.24. The predicted molar refractivity (Wildman–Crippen MR) is 52.6 cm³/mol. The molecule has 1 aromatic rings. The summed E-state index contributed by atoms with van der Waals surface area (Å²) in [6.07, 6.45) is -4.82. The number of aliphatic carboxylic acids is 1. The lowest BCUT2D eigenvalue weighted by Crippen LogP contribution is -2.18. The average molecular weight is 285 g/mol. The van der Waals surface area contributed by atoms with Gasteiger partial charge >= 0.3 is 12.1 Å². The molecule has 98 valence electrons. The number of carboxylic acid groups (broad SMARTS) is 1. The topological polar surface area (TPSA) is 54.4 Å². The first kappa shape index (κ1) is 14.4. The lowest BCUT2D eigenvalue weighted by molar-refractivity contribution is -0.149. The van der Waals surface area contributed by atoms with Gasteiger partial charge in [0.2, 0.25) is 0 Å². The van der Waals surface area contributed by atoms with E-state index in [1.165, 1.54) is 0 Å². The maximum atomic E-state index is 13.0. The number of hydrogen-bond donors (Lipinski definition) is 1. The zero-order chi connectivity index (χ0) is 14.1. The molecule has 3 nitrogen and oxygen atoms in total. The molecule has 1 rings (SSSR count). The van der Waals surface area contributed by atoms with Crippen LogP contribution in [0.1, 0.15) is 16.5 Å². The Morgan fingerprint density at radius 2 is 1.78 bits per heavy atom. The smallest absolute Gasteiger partial charge is 0.416 e. The Balaban J connectivity index is 3.22. The van der Waals surface area contributed by atoms with Gasteiger partial charge in [0.15, 0.2) is 0 Å². The number of rotatable bonds is 3. The molecule has 0 amide bonds. The van der Waals surface area contributed by atoms with Crippen LogP contribution in [0.5, 0.6) is 0 Å². The number of hydrogen-bond acceptors (Lipinski definition) is 2. The molecular weight excluding hydrogens is 280 g/mol. The number of carbonyl (C=O) groups is 2. The molecule has 0 aliphatic heterocycles. The lowest BCUT2D eigenvalue weighted by Gasteiger charge is -2.11. The van der Waals surface area contributed by atoms with E-state index in [0.29, 0.717) is 12.1 Å². The fourth-order valence-electron chi connectivity index (χ4n) is 1.18. The van der Waals surface area contributed by atoms with Crippen molar-refractivity contribution >= 4 is 23.4 Å². The maximum Gasteiger partial charge on any atom is 0.416 e. The highest BCUT2D eigenvalue weighted by atomic mass is 35.5. The standard InChI is InChI=1S/C10H5ClF4O3/c11-7(8(16)9(17)18)4-1-5(10(13,14)15)3-6(12)2-4/h1-3,7H,(H,17,18). The quantitative estimate of drug-likeness (QED) is 0.527. The fraction of sp³-hybridized carbons (Fsp3) is 0.200. The molecule has 0 aliphatic rings. The lowest BCUT2D eigenvalue weighted by atomic mass is 10.0. The van der Waals surface area contributed by atoms with Crippen LogP contribution in [-0.2, 0) is 15.8 Å². The van der Waals surface area contributed by atoms with Gasteiger partial charge in [0.1, 0.15) is 11.2 Å². The van der Waals surface area contributed by atoms with Gasteiger partial charge in [-0.1, -0.05) is 0 Å². The summed E-state index contributed by atoms with van der Waals surface area (Å²) in [6.45, 7) is 0. The minimum Gasteiger partial charge on any atom is -0.475 e. The van der Waals surface area contributed by atoms with E-state index in [0.717, 1.165) is 0 Å². The molecule has 1 atom stereocenters. The molecule has 0 saturated heterocycles. The number of carboxylic acids is 1. The summed E-state index contributed by atoms with van der Waals surface area (Å²) in [5.41, 5.74) is -1.90. The Morgan fingerprint density at radius 1 is 1.22 bits per heavy atom. The Bertz CT molecular complexity index is 498. The van der Waals surface area contributed by atoms with Crippen molar-refractivity contribution in [1.82, 2.24) is 0 Å². The first-order valence-corrected chi connectivity index (χ1v) is 4.85. The van der Waals surface area contributed by atoms with Gasteiger partial charge in [-0.25, -0.2) is 9.18 Å². The molecule has 0 aliphatic carbocycles. The van der Waals surface area contributed by atoms with Crippen LogP contribution in [0.4, 0.5) is 17.6 Å². The normalized spacial score (nSPS) is 13.2. The Kier molecular flexibility index (Phi) is 3.95. The van der Waals surface area contributed by atoms with Crippen molar-refractivity contribution in [1.29, 1.82) is 0 Å². The number of Topliss-reactive ketones (excluding diaryl/α,β-unsaturated/α-hetero) is 1. The third-order valence-electron chi connectivity index (χ3n) is 1.98. The summed E-state index contributed by atoms with van der Waals surface area (Å²) >= 11 is 5.38. The van der Waals surface area contributed by atoms with Crippen LogP contribution < -0.4 is 0 Å². The zero-order valence-corrected chi connectivity index (χ0v) is 9.22. The Labute approximate surface area is 103 Å². The highest BCUT2D eigenvalue weighted by Crippen LogP contribution is 2.33. The second kappa shape index (κ2) is 4.93. The van der Waals surface area contributed by atoms with Crippen LogP contribution in [-0.4, -0.2) is 16.9 Å². The first-order chi connectivity index (χ1) is 8.12. The largest absolute Gasteiger partial charge is 0.475 e. The van der Waals surface area contributed by atoms with E-state index in [1.54, 1.807) is 0 Å². The van der Waals surface area contributed by atoms with E-state index in [9.17, 15) is 27.2 Å². The molecule has 0 radical (unpaired) electrons. The van der Waals surface area contributed by atoms with E-state index in [1.807, 2.05) is 0 Å². The summed E-state index contributed by atoms with van der Waals surface area (Å²) in [5.74, 6) is -4.70. The van der Waals surface area contributed by atoms with E-state index < -0.39 is 40.3 Å². The molecule has 0 bridgehead atoms. The van der Waals surface area contributed by atoms with Crippen molar-refractivity contribution in [3.05, 3.63) is 35.1 Å². The van der Waals surface area contributed by atoms with Crippen molar-refractivity contribution in [2.75, 3.05) is 0 Å². The molecule has 18 heavy (non-hydrogen) atoms. The van der Waals surface area contributed by atoms with Gasteiger partial charge in [0, 0.05) is 0 Å². The van der Waals surface area contributed by atoms with Crippen molar-refractivity contribution in [3.8, 4) is 0 Å². The van der Waals surface area contributed by atoms with Gasteiger partial charge in [0.25, 0.3) is 5.78 Å². The maximum absolute atomic E-state index is 13.0. The van der Waals surface area contributed by atoms with Crippen LogP contribution in [0.25, 0.3) is 0 Å². The number of benzene rings is 1. The molecule has 0 fully saturated rings. The third kappa shape index (κ3) is 3.19. The summed E-state index contributed by atoms with van der Waals surface area (Å²) in [7, 11) is 0. The van der Waals surface area contributed by atoms with E-state index in [2.05, 4.69) is 0 Å². The van der Waals surface area contributed by atoms with Crippen LogP contribution in [0.15, 0.2) is 18.2 Å². The molecule has 0 saturated carbocycles. The van der Waals surface area contributed by atoms with E-state index in [-0.39, 0.29) is 6.07 Å². The summed E-state index contributed by atoms with van der Waals surface area (Å²) in [4.78, 5) is 21.3. The molecule has 1 aromatic carbocycles. The zero-order valence-electron chi connectivity index (χ0n) is 8.46. The van der Waals surface area contributed by atoms with Gasteiger partial charge < -0.3 is 5.11 Å². The molecular formula is C10H5ClF4O3. The summed E-state index contributed by atoms with van der Waals surface area (Å²) in [6, 6.07) is 1.23. The molecule has 8 heteroatoms. The molecule has 1 unspecified atom stereocenters. The minimum absolute atomic E-state index is 0.221. The summed E-state index contributed by atoms with van der Waals surface area (Å²) in [5, 5.41) is 6.49. The second-order valence-corrected chi connectivity index (χ2v) is 3.74. The summed E-state index contributed by atoms with van der Waals surface area (Å²) < 4.78 is 50.0. The van der Waals surface area contributed by atoms with E-state index in [4.69, 9.17) is 16.7 Å². The van der Waals surface area contributed by atoms with Crippen LogP contribution in [0, 0.1) is 5.82 Å². The number of alkyl halides is 4. The monoisotopic (exact) mass is 284 g/mol. The van der Waals surface area contributed by atoms with Crippen molar-refractivity contribution < 1.29 is 32.3 Å². The van der Waals surface area contributed by atoms with Crippen molar-refractivity contribution in [3.63, 3.8) is 0 Å². The van der Waals surface area contributed by atoms with Gasteiger partial charge in [-0.2, -0.15) is 13.2 Å². The SMILES string of the molecule is O=C(O)C(=O)C(Cl)c1cc(F)cc(C(F)(F)F)c1. The minimum atomic E-state index is -4.82. The highest BCUT2D eigenvalue weighted by Gasteiger charge is 2.33. The third-order valence-corrected chi connectivity index (χ3v) is 2.43. The molecule has 0 aromatic heterocycles. The fourth-order valence-corrected chi connectivity index (χ4v) is 1.40. The van der Waals surface area contributed by atoms with Gasteiger partial charge in [0.05, 0.1) is 5.56 Å². The van der Waals surface area contributed by atoms with Crippen LogP contribution in [0.3, 0.4) is 0 Å². The predicted octanol–water partition coefficient (Wildman–Crippen LogP) is 2.78. The van der Waals surface area contributed by atoms with Gasteiger partial charge in [-0.05, 0) is 23.8 Å². The van der Waals surface area contributed by atoms with Crippen LogP contribution >= 0.6 is 11.6 Å². The van der Waals surface area contributed by atoms with Gasteiger partial charge in [-0.3, -0.25) is 4.79 Å². The number of halogens is 5. The highest BCUT2D eigenvalue weighted by molar-refractivity contribution is 6.47. The van der Waals surface area contributed by atoms with Crippen molar-refractivity contribution in [2.24, 2.45) is 0 Å². The van der Waals surface area contributed by atoms with Gasteiger partial charge in [-0.15, -0.1) is 11.6 Å². The van der Waals surface area contributed by atoms with Crippen LogP contribution in [0.2, 0.25) is 0 Å². The van der Waals surface area contributed by atoms with E-state index >= 15 is 0 Å². The Morgan fingerprint density at radius 3 is 2.22 bits per heavy atom. The second-order valence-electron chi connectivity index (χ2n) is 3.30. The molecule has 0 heterocycles. The number of ketones is 1. The van der Waals surface area contributed by atoms with Crippen molar-refractivity contribution in [2.45, 2.75) is 11.6 Å². The first-order valence-electron chi connectivity index (χ1n) is 4.42. The molecule has 0 spiro atoms. The Hall–Kier alpha value is -1.63.